The summed E-state index contributed by atoms with van der Waals surface area (Å²) in [5.41, 5.74) is 2.77. The van der Waals surface area contributed by atoms with Gasteiger partial charge >= 0.3 is 0 Å². The van der Waals surface area contributed by atoms with E-state index < -0.39 is 6.10 Å². The van der Waals surface area contributed by atoms with Crippen LogP contribution in [-0.4, -0.2) is 54.4 Å². The summed E-state index contributed by atoms with van der Waals surface area (Å²) in [4.78, 5) is 0. The molecule has 4 rings (SSSR count). The number of hydrogen-bond acceptors (Lipinski definition) is 8. The Morgan fingerprint density at radius 2 is 1.29 bits per heavy atom. The molecular formula is C33H40O8. The lowest BCUT2D eigenvalue weighted by molar-refractivity contribution is -0.0901. The fraction of sp³-hybridized carbons (Fsp3) is 0.394. The van der Waals surface area contributed by atoms with Crippen molar-refractivity contribution in [1.29, 1.82) is 0 Å². The summed E-state index contributed by atoms with van der Waals surface area (Å²) in [5.74, 6) is 3.87. The molecule has 1 N–H and O–H groups in total. The van der Waals surface area contributed by atoms with E-state index in [9.17, 15) is 5.11 Å². The van der Waals surface area contributed by atoms with Crippen LogP contribution in [-0.2, 0) is 4.74 Å². The Kier molecular flexibility index (Phi) is 10.4. The van der Waals surface area contributed by atoms with Gasteiger partial charge in [0.05, 0.1) is 61.5 Å². The maximum absolute atomic E-state index is 11.4. The van der Waals surface area contributed by atoms with Gasteiger partial charge in [-0.15, -0.1) is 0 Å². The first kappa shape index (κ1) is 30.1. The zero-order valence-corrected chi connectivity index (χ0v) is 24.6. The molecule has 1 aliphatic rings. The van der Waals surface area contributed by atoms with Gasteiger partial charge in [0.25, 0.3) is 0 Å². The zero-order valence-electron chi connectivity index (χ0n) is 24.6. The first-order valence-corrected chi connectivity index (χ1v) is 13.6. The molecule has 220 valence electrons. The van der Waals surface area contributed by atoms with Crippen LogP contribution >= 0.6 is 0 Å². The predicted octanol–water partition coefficient (Wildman–Crippen LogP) is 6.27. The van der Waals surface area contributed by atoms with E-state index in [1.807, 2.05) is 54.6 Å². The van der Waals surface area contributed by atoms with Crippen LogP contribution in [0.3, 0.4) is 0 Å². The van der Waals surface area contributed by atoms with Gasteiger partial charge in [-0.25, -0.2) is 0 Å². The molecule has 4 atom stereocenters. The monoisotopic (exact) mass is 564 g/mol. The van der Waals surface area contributed by atoms with E-state index in [1.165, 1.54) is 0 Å². The Morgan fingerprint density at radius 1 is 0.732 bits per heavy atom. The third-order valence-electron chi connectivity index (χ3n) is 7.61. The number of allylic oxidation sites excluding steroid dienone is 1. The Balaban J connectivity index is 1.59. The Bertz CT molecular complexity index is 1320. The highest BCUT2D eigenvalue weighted by Gasteiger charge is 2.36. The summed E-state index contributed by atoms with van der Waals surface area (Å²) in [5, 5.41) is 11.4. The number of benzene rings is 3. The van der Waals surface area contributed by atoms with Gasteiger partial charge in [0, 0.05) is 5.92 Å². The van der Waals surface area contributed by atoms with E-state index in [1.54, 1.807) is 42.7 Å². The number of aliphatic hydroxyl groups excluding tert-OH is 1. The summed E-state index contributed by atoms with van der Waals surface area (Å²) in [6, 6.07) is 17.2. The van der Waals surface area contributed by atoms with Gasteiger partial charge in [0.2, 0.25) is 0 Å². The number of methoxy groups -OCH3 is 6. The molecule has 0 aromatic heterocycles. The Hall–Kier alpha value is -3.88. The van der Waals surface area contributed by atoms with Crippen molar-refractivity contribution in [3.8, 4) is 34.5 Å². The maximum atomic E-state index is 11.4. The van der Waals surface area contributed by atoms with Gasteiger partial charge in [-0.1, -0.05) is 30.4 Å². The standard InChI is InChI=1S/C33H40O8/c1-35-26-13-10-21(16-29(26)38-4)8-7-9-23-17-25(32(34)22-11-14-27(36-2)30(18-22)39-5)20-41-33(23)24-12-15-28(37-3)31(19-24)40-6/h7-8,10-16,18-19,23,25,32-34H,9,17,20H2,1-6H3/b8-7+/t23-,25+,32+,33+/m1/s1. The predicted molar refractivity (Wildman–Crippen MR) is 158 cm³/mol. The molecule has 0 aliphatic carbocycles. The molecule has 3 aromatic carbocycles. The molecule has 0 unspecified atom stereocenters. The molecule has 41 heavy (non-hydrogen) atoms. The van der Waals surface area contributed by atoms with Crippen LogP contribution in [0.15, 0.2) is 60.7 Å². The molecular weight excluding hydrogens is 524 g/mol. The number of rotatable bonds is 12. The van der Waals surface area contributed by atoms with Crippen LogP contribution in [0.1, 0.15) is 41.7 Å². The highest BCUT2D eigenvalue weighted by Crippen LogP contribution is 2.44. The minimum atomic E-state index is -0.724. The SMILES string of the molecule is COc1ccc(/C=C/C[C@@H]2C[C@H]([C@@H](O)c3ccc(OC)c(OC)c3)CO[C@@H]2c2ccc(OC)c(OC)c2)cc1OC. The summed E-state index contributed by atoms with van der Waals surface area (Å²) in [7, 11) is 9.68. The van der Waals surface area contributed by atoms with E-state index in [4.69, 9.17) is 33.2 Å². The molecule has 3 aromatic rings. The van der Waals surface area contributed by atoms with Crippen molar-refractivity contribution >= 4 is 6.08 Å². The van der Waals surface area contributed by atoms with Crippen LogP contribution in [0, 0.1) is 11.8 Å². The van der Waals surface area contributed by atoms with E-state index in [0.29, 0.717) is 41.1 Å². The van der Waals surface area contributed by atoms with Crippen molar-refractivity contribution in [3.63, 3.8) is 0 Å². The average molecular weight is 565 g/mol. The third kappa shape index (κ3) is 6.89. The average Bonchev–Trinajstić information content (AvgIpc) is 3.03. The van der Waals surface area contributed by atoms with Crippen molar-refractivity contribution in [2.24, 2.45) is 11.8 Å². The van der Waals surface area contributed by atoms with Crippen molar-refractivity contribution in [2.45, 2.75) is 25.0 Å². The summed E-state index contributed by atoms with van der Waals surface area (Å²) in [6.07, 6.45) is 4.81. The molecule has 0 saturated carbocycles. The molecule has 1 fully saturated rings. The smallest absolute Gasteiger partial charge is 0.161 e. The van der Waals surface area contributed by atoms with Crippen LogP contribution in [0.5, 0.6) is 34.5 Å². The van der Waals surface area contributed by atoms with Gasteiger partial charge in [0.15, 0.2) is 34.5 Å². The minimum Gasteiger partial charge on any atom is -0.493 e. The van der Waals surface area contributed by atoms with Crippen molar-refractivity contribution in [3.05, 3.63) is 77.4 Å². The topological polar surface area (TPSA) is 84.8 Å². The van der Waals surface area contributed by atoms with Crippen LogP contribution < -0.4 is 28.4 Å². The van der Waals surface area contributed by atoms with Crippen LogP contribution in [0.4, 0.5) is 0 Å². The lowest BCUT2D eigenvalue weighted by atomic mass is 9.79. The Morgan fingerprint density at radius 3 is 1.93 bits per heavy atom. The van der Waals surface area contributed by atoms with E-state index in [0.717, 1.165) is 29.5 Å². The number of hydrogen-bond donors (Lipinski definition) is 1. The molecule has 1 aliphatic heterocycles. The highest BCUT2D eigenvalue weighted by molar-refractivity contribution is 5.56. The van der Waals surface area contributed by atoms with E-state index >= 15 is 0 Å². The minimum absolute atomic E-state index is 0.0954. The number of ether oxygens (including phenoxy) is 7. The normalized spacial score (nSPS) is 19.4. The van der Waals surface area contributed by atoms with Gasteiger partial charge < -0.3 is 38.3 Å². The first-order chi connectivity index (χ1) is 20.0. The van der Waals surface area contributed by atoms with Crippen LogP contribution in [0.25, 0.3) is 6.08 Å². The second kappa shape index (κ2) is 14.1. The largest absolute Gasteiger partial charge is 0.493 e. The maximum Gasteiger partial charge on any atom is 0.161 e. The lowest BCUT2D eigenvalue weighted by Crippen LogP contribution is -2.32. The van der Waals surface area contributed by atoms with Crippen molar-refractivity contribution in [1.82, 2.24) is 0 Å². The summed E-state index contributed by atoms with van der Waals surface area (Å²) >= 11 is 0. The molecule has 1 saturated heterocycles. The molecule has 0 bridgehead atoms. The van der Waals surface area contributed by atoms with Gasteiger partial charge in [0.1, 0.15) is 0 Å². The number of aliphatic hydroxyl groups is 1. The van der Waals surface area contributed by atoms with Gasteiger partial charge in [-0.3, -0.25) is 0 Å². The molecule has 0 spiro atoms. The molecule has 0 amide bonds. The fourth-order valence-electron chi connectivity index (χ4n) is 5.43. The highest BCUT2D eigenvalue weighted by atomic mass is 16.5. The van der Waals surface area contributed by atoms with Crippen molar-refractivity contribution < 1.29 is 38.3 Å². The van der Waals surface area contributed by atoms with E-state index in [-0.39, 0.29) is 17.9 Å². The van der Waals surface area contributed by atoms with Gasteiger partial charge in [-0.2, -0.15) is 0 Å². The zero-order chi connectivity index (χ0) is 29.4. The van der Waals surface area contributed by atoms with Crippen molar-refractivity contribution in [2.75, 3.05) is 49.3 Å². The van der Waals surface area contributed by atoms with Crippen LogP contribution in [0.2, 0.25) is 0 Å². The second-order valence-electron chi connectivity index (χ2n) is 9.94. The molecule has 1 heterocycles. The summed E-state index contributed by atoms with van der Waals surface area (Å²) in [6.45, 7) is 0.407. The van der Waals surface area contributed by atoms with Gasteiger partial charge in [-0.05, 0) is 71.8 Å². The quantitative estimate of drug-likeness (QED) is 0.276. The fourth-order valence-corrected chi connectivity index (χ4v) is 5.43. The molecule has 0 radical (unpaired) electrons. The lowest BCUT2D eigenvalue weighted by Gasteiger charge is -2.38. The second-order valence-corrected chi connectivity index (χ2v) is 9.94. The molecule has 8 heteroatoms. The Labute approximate surface area is 242 Å². The first-order valence-electron chi connectivity index (χ1n) is 13.6. The third-order valence-corrected chi connectivity index (χ3v) is 7.61. The van der Waals surface area contributed by atoms with E-state index in [2.05, 4.69) is 12.2 Å². The molecule has 8 nitrogen and oxygen atoms in total. The summed E-state index contributed by atoms with van der Waals surface area (Å²) < 4.78 is 39.1.